The molecule has 346 valence electrons. The lowest BCUT2D eigenvalue weighted by Gasteiger charge is -2.28. The number of hydrogen-bond donors (Lipinski definition) is 11. The van der Waals surface area contributed by atoms with Crippen LogP contribution in [0.2, 0.25) is 0 Å². The summed E-state index contributed by atoms with van der Waals surface area (Å²) in [6.07, 6.45) is 4.92. The van der Waals surface area contributed by atoms with Crippen molar-refractivity contribution in [3.05, 3.63) is 0 Å². The number of nitrogens with two attached hydrogens (primary N) is 1. The van der Waals surface area contributed by atoms with Gasteiger partial charge in [0.25, 0.3) is 0 Å². The number of nitrogens with one attached hydrogen (secondary N) is 9. The zero-order valence-electron chi connectivity index (χ0n) is 36.5. The highest BCUT2D eigenvalue weighted by molar-refractivity contribution is 8.00. The number of hydroxylamine groups is 1. The van der Waals surface area contributed by atoms with E-state index in [1.165, 1.54) is 5.48 Å². The molecule has 12 N–H and O–H groups in total. The number of fused-ring (bicyclic) bond motifs is 1. The van der Waals surface area contributed by atoms with Gasteiger partial charge < -0.3 is 48.3 Å². The Labute approximate surface area is 363 Å². The Morgan fingerprint density at radius 3 is 2.08 bits per heavy atom. The molecule has 2 saturated heterocycles. The second kappa shape index (κ2) is 27.3. The van der Waals surface area contributed by atoms with Crippen molar-refractivity contribution in [2.45, 2.75) is 148 Å². The van der Waals surface area contributed by atoms with Crippen LogP contribution in [0.25, 0.3) is 0 Å². The first-order chi connectivity index (χ1) is 28.8. The molecule has 0 saturated carbocycles. The minimum absolute atomic E-state index is 0.0414. The molecule has 0 aromatic heterocycles. The predicted molar refractivity (Wildman–Crippen MR) is 228 cm³/mol. The largest absolute Gasteiger partial charge is 0.368 e. The van der Waals surface area contributed by atoms with Gasteiger partial charge in [-0.1, -0.05) is 54.4 Å². The molecule has 2 rings (SSSR count). The summed E-state index contributed by atoms with van der Waals surface area (Å²) in [7, 11) is 0. The van der Waals surface area contributed by atoms with E-state index in [1.807, 2.05) is 46.4 Å². The van der Waals surface area contributed by atoms with Gasteiger partial charge in [-0.3, -0.25) is 43.6 Å². The van der Waals surface area contributed by atoms with Crippen molar-refractivity contribution in [2.75, 3.05) is 25.4 Å². The van der Waals surface area contributed by atoms with Gasteiger partial charge in [-0.25, -0.2) is 10.3 Å². The van der Waals surface area contributed by atoms with Gasteiger partial charge in [-0.2, -0.15) is 11.8 Å². The number of hydrogen-bond acceptors (Lipinski definition) is 11. The van der Waals surface area contributed by atoms with Crippen LogP contribution in [0.5, 0.6) is 0 Å². The topological polar surface area (TPSA) is 308 Å². The Hall–Kier alpha value is -4.66. The van der Waals surface area contributed by atoms with Crippen LogP contribution >= 0.6 is 11.8 Å². The first-order valence-corrected chi connectivity index (χ1v) is 22.5. The van der Waals surface area contributed by atoms with Gasteiger partial charge in [0.1, 0.15) is 18.1 Å². The average molecular weight is 883 g/mol. The van der Waals surface area contributed by atoms with E-state index < -0.39 is 78.5 Å². The van der Waals surface area contributed by atoms with E-state index in [0.717, 1.165) is 25.0 Å². The highest BCUT2D eigenvalue weighted by Crippen LogP contribution is 2.33. The van der Waals surface area contributed by atoms with Gasteiger partial charge in [0, 0.05) is 36.3 Å². The van der Waals surface area contributed by atoms with Crippen LogP contribution < -0.4 is 53.7 Å². The van der Waals surface area contributed by atoms with E-state index >= 15 is 0 Å². The molecule has 1 unspecified atom stereocenters. The zero-order chi connectivity index (χ0) is 45.6. The van der Waals surface area contributed by atoms with Crippen LogP contribution in [-0.4, -0.2) is 119 Å². The number of carbonyl (C=O) groups is 9. The SMILES string of the molecule is CC[C@H](C)[C@H](NC(=O)C(CC(=O)NO)CC(C)C)C(=O)N[C@@H](CC(C)C)C(=O)NCC(=O)NCC(=O)N[C@@H](CCCCNC(=O)CCCC[C@@H]1SC[C@@H]2NC(=O)N[C@@H]21)C(N)=O. The third-order valence-electron chi connectivity index (χ3n) is 10.7. The molecule has 0 aliphatic carbocycles. The minimum atomic E-state index is -1.07. The maximum Gasteiger partial charge on any atom is 0.315 e. The predicted octanol–water partition coefficient (Wildman–Crippen LogP) is -0.179. The van der Waals surface area contributed by atoms with E-state index in [1.54, 1.807) is 6.92 Å². The molecule has 2 heterocycles. The number of primary amides is 1. The fraction of sp³-hybridized carbons (Fsp3) is 0.775. The highest BCUT2D eigenvalue weighted by atomic mass is 32.2. The number of unbranched alkanes of at least 4 members (excludes halogenated alkanes) is 2. The molecule has 10 amide bonds. The summed E-state index contributed by atoms with van der Waals surface area (Å²) in [5.74, 6) is -5.04. The molecular formula is C40H70N10O10S. The van der Waals surface area contributed by atoms with E-state index in [4.69, 9.17) is 10.9 Å². The molecule has 2 fully saturated rings. The molecule has 8 atom stereocenters. The summed E-state index contributed by atoms with van der Waals surface area (Å²) >= 11 is 1.84. The molecule has 21 heteroatoms. The van der Waals surface area contributed by atoms with Crippen LogP contribution in [0.15, 0.2) is 0 Å². The maximum absolute atomic E-state index is 13.6. The van der Waals surface area contributed by atoms with Crippen molar-refractivity contribution in [3.8, 4) is 0 Å². The number of urea groups is 1. The molecule has 0 aromatic rings. The fourth-order valence-electron chi connectivity index (χ4n) is 7.19. The molecule has 61 heavy (non-hydrogen) atoms. The van der Waals surface area contributed by atoms with Gasteiger partial charge in [0.2, 0.25) is 47.3 Å². The summed E-state index contributed by atoms with van der Waals surface area (Å²) in [5, 5.41) is 30.9. The maximum atomic E-state index is 13.6. The average Bonchev–Trinajstić information content (AvgIpc) is 3.76. The lowest BCUT2D eigenvalue weighted by Crippen LogP contribution is -2.57. The molecule has 20 nitrogen and oxygen atoms in total. The Bertz CT molecular complexity index is 1520. The van der Waals surface area contributed by atoms with Crippen LogP contribution in [-0.2, 0) is 38.4 Å². The second-order valence-electron chi connectivity index (χ2n) is 16.9. The summed E-state index contributed by atoms with van der Waals surface area (Å²) in [4.78, 5) is 113. The summed E-state index contributed by atoms with van der Waals surface area (Å²) in [6, 6.07) is -2.92. The number of rotatable bonds is 29. The molecule has 0 aromatic carbocycles. The lowest BCUT2D eigenvalue weighted by molar-refractivity contribution is -0.137. The van der Waals surface area contributed by atoms with Crippen LogP contribution in [0.1, 0.15) is 112 Å². The van der Waals surface area contributed by atoms with Crippen molar-refractivity contribution in [3.63, 3.8) is 0 Å². The number of carbonyl (C=O) groups excluding carboxylic acids is 9. The van der Waals surface area contributed by atoms with Crippen molar-refractivity contribution < 1.29 is 48.4 Å². The van der Waals surface area contributed by atoms with E-state index in [0.29, 0.717) is 43.9 Å². The quantitative estimate of drug-likeness (QED) is 0.0203. The zero-order valence-corrected chi connectivity index (χ0v) is 37.3. The third kappa shape index (κ3) is 19.7. The van der Waals surface area contributed by atoms with Gasteiger partial charge in [0.05, 0.1) is 25.2 Å². The Balaban J connectivity index is 1.76. The molecule has 0 radical (unpaired) electrons. The lowest BCUT2D eigenvalue weighted by atomic mass is 9.91. The molecule has 2 aliphatic heterocycles. The van der Waals surface area contributed by atoms with Crippen LogP contribution in [0, 0.1) is 23.7 Å². The van der Waals surface area contributed by atoms with Gasteiger partial charge in [0.15, 0.2) is 0 Å². The molecule has 0 spiro atoms. The first kappa shape index (κ1) is 52.5. The molecule has 2 aliphatic rings. The monoisotopic (exact) mass is 882 g/mol. The Kier molecular flexibility index (Phi) is 23.5. The standard InChI is InChI=1S/C40H70N10O10S/c1-7-24(6)34(48-37(56)25(16-22(2)3)18-31(52)50-60)39(58)46-27(17-23(4)5)38(57)44-19-32(53)43-20-33(54)45-26(36(41)55)12-10-11-15-42-30(51)14-9-8-13-29-35-28(21-61-29)47-40(59)49-35/h22-29,34-35,60H,7-21H2,1-6H3,(H2,41,55)(H,42,51)(H,43,53)(H,44,57)(H,45,54)(H,46,58)(H,48,56)(H,50,52)(H2,47,49,59)/t24-,25?,26-,27-,28-,29-,34-,35-/m0/s1. The fourth-order valence-corrected chi connectivity index (χ4v) is 8.73. The second-order valence-corrected chi connectivity index (χ2v) is 18.1. The smallest absolute Gasteiger partial charge is 0.315 e. The summed E-state index contributed by atoms with van der Waals surface area (Å²) in [5.41, 5.74) is 7.03. The van der Waals surface area contributed by atoms with Gasteiger partial charge >= 0.3 is 6.03 Å². The van der Waals surface area contributed by atoms with Crippen LogP contribution in [0.4, 0.5) is 4.79 Å². The van der Waals surface area contributed by atoms with Crippen molar-refractivity contribution >= 4 is 65.1 Å². The van der Waals surface area contributed by atoms with Crippen molar-refractivity contribution in [1.82, 2.24) is 48.0 Å². The van der Waals surface area contributed by atoms with Gasteiger partial charge in [-0.05, 0) is 62.7 Å². The van der Waals surface area contributed by atoms with Crippen LogP contribution in [0.3, 0.4) is 0 Å². The normalized spacial score (nSPS) is 19.2. The minimum Gasteiger partial charge on any atom is -0.368 e. The van der Waals surface area contributed by atoms with Crippen molar-refractivity contribution in [2.24, 2.45) is 29.4 Å². The van der Waals surface area contributed by atoms with Crippen molar-refractivity contribution in [1.29, 1.82) is 0 Å². The van der Waals surface area contributed by atoms with E-state index in [2.05, 4.69) is 42.5 Å². The Morgan fingerprint density at radius 2 is 1.44 bits per heavy atom. The molecule has 0 bridgehead atoms. The Morgan fingerprint density at radius 1 is 0.754 bits per heavy atom. The third-order valence-corrected chi connectivity index (χ3v) is 12.2. The number of thioether (sulfide) groups is 1. The highest BCUT2D eigenvalue weighted by Gasteiger charge is 2.42. The number of amides is 10. The molecular weight excluding hydrogens is 813 g/mol. The van der Waals surface area contributed by atoms with E-state index in [-0.39, 0.29) is 61.0 Å². The summed E-state index contributed by atoms with van der Waals surface area (Å²) < 4.78 is 0. The van der Waals surface area contributed by atoms with Gasteiger partial charge in [-0.15, -0.1) is 0 Å². The first-order valence-electron chi connectivity index (χ1n) is 21.5. The van der Waals surface area contributed by atoms with E-state index in [9.17, 15) is 43.2 Å². The summed E-state index contributed by atoms with van der Waals surface area (Å²) in [6.45, 7) is 10.4.